The Morgan fingerprint density at radius 2 is 1.86 bits per heavy atom. The Morgan fingerprint density at radius 1 is 1.07 bits per heavy atom. The number of H-pyrrole nitrogens is 1. The van der Waals surface area contributed by atoms with E-state index in [0.717, 1.165) is 34.6 Å². The first-order valence-electron chi connectivity index (χ1n) is 8.87. The fraction of sp³-hybridized carbons (Fsp3) is 0.136. The second kappa shape index (κ2) is 6.64. The number of aryl methyl sites for hydroxylation is 2. The highest BCUT2D eigenvalue weighted by Gasteiger charge is 2.32. The van der Waals surface area contributed by atoms with Crippen molar-refractivity contribution < 1.29 is 13.6 Å². The smallest absolute Gasteiger partial charge is 0.259 e. The zero-order valence-corrected chi connectivity index (χ0v) is 15.5. The van der Waals surface area contributed by atoms with E-state index >= 15 is 0 Å². The molecule has 1 aliphatic heterocycles. The van der Waals surface area contributed by atoms with Gasteiger partial charge in [0.2, 0.25) is 0 Å². The van der Waals surface area contributed by atoms with E-state index < -0.39 is 11.6 Å². The lowest BCUT2D eigenvalue weighted by molar-refractivity contribution is -0.113. The minimum absolute atomic E-state index is 0.132. The first-order valence-corrected chi connectivity index (χ1v) is 8.87. The number of benzene rings is 2. The number of nitrogens with zero attached hydrogens (tertiary/aromatic N) is 1. The van der Waals surface area contributed by atoms with Crippen molar-refractivity contribution in [2.45, 2.75) is 20.4 Å². The molecule has 142 valence electrons. The van der Waals surface area contributed by atoms with Crippen LogP contribution in [0.2, 0.25) is 0 Å². The maximum Gasteiger partial charge on any atom is 0.259 e. The summed E-state index contributed by atoms with van der Waals surface area (Å²) >= 11 is 0. The number of nitrogens with one attached hydrogen (secondary N) is 1. The van der Waals surface area contributed by atoms with Crippen LogP contribution in [0.3, 0.4) is 0 Å². The number of nitrogen functional groups attached to an aromatic ring is 1. The quantitative estimate of drug-likeness (QED) is 0.517. The van der Waals surface area contributed by atoms with E-state index in [2.05, 4.69) is 4.98 Å². The number of nitrogens with two attached hydrogens (primary N) is 1. The van der Waals surface area contributed by atoms with E-state index in [1.54, 1.807) is 23.1 Å². The van der Waals surface area contributed by atoms with Crippen LogP contribution in [-0.4, -0.2) is 10.9 Å². The minimum atomic E-state index is -0.935. The van der Waals surface area contributed by atoms with Crippen molar-refractivity contribution in [1.29, 1.82) is 0 Å². The van der Waals surface area contributed by atoms with Crippen LogP contribution in [0.1, 0.15) is 28.1 Å². The fourth-order valence-electron chi connectivity index (χ4n) is 3.54. The number of rotatable bonds is 3. The lowest BCUT2D eigenvalue weighted by atomic mass is 10.0. The van der Waals surface area contributed by atoms with Gasteiger partial charge in [-0.05, 0) is 67.4 Å². The number of aromatic nitrogens is 1. The van der Waals surface area contributed by atoms with E-state index in [1.807, 2.05) is 26.0 Å². The van der Waals surface area contributed by atoms with E-state index in [-0.39, 0.29) is 12.5 Å². The number of hydrogen-bond acceptors (Lipinski definition) is 2. The minimum Gasteiger partial charge on any atom is -0.399 e. The average molecular weight is 379 g/mol. The van der Waals surface area contributed by atoms with Crippen molar-refractivity contribution in [3.8, 4) is 0 Å². The lowest BCUT2D eigenvalue weighted by Crippen LogP contribution is -2.25. The normalized spacial score (nSPS) is 14.8. The molecule has 0 bridgehead atoms. The molecule has 1 aliphatic rings. The molecule has 0 atom stereocenters. The van der Waals surface area contributed by atoms with Gasteiger partial charge in [-0.2, -0.15) is 0 Å². The Labute approximate surface area is 161 Å². The Morgan fingerprint density at radius 3 is 2.54 bits per heavy atom. The molecular weight excluding hydrogens is 360 g/mol. The van der Waals surface area contributed by atoms with Gasteiger partial charge in [-0.3, -0.25) is 4.79 Å². The Hall–Kier alpha value is -3.41. The Balaban J connectivity index is 1.78. The predicted molar refractivity (Wildman–Crippen MR) is 107 cm³/mol. The van der Waals surface area contributed by atoms with Crippen LogP contribution in [0.4, 0.5) is 20.2 Å². The summed E-state index contributed by atoms with van der Waals surface area (Å²) in [6.07, 6.45) is 1.81. The van der Waals surface area contributed by atoms with Gasteiger partial charge < -0.3 is 15.6 Å². The van der Waals surface area contributed by atoms with Crippen molar-refractivity contribution in [2.75, 3.05) is 10.6 Å². The summed E-state index contributed by atoms with van der Waals surface area (Å²) in [6, 6.07) is 10.9. The van der Waals surface area contributed by atoms with Gasteiger partial charge in [-0.25, -0.2) is 8.78 Å². The van der Waals surface area contributed by atoms with E-state index in [0.29, 0.717) is 22.5 Å². The second-order valence-electron chi connectivity index (χ2n) is 7.02. The summed E-state index contributed by atoms with van der Waals surface area (Å²) in [5, 5.41) is 0. The molecule has 0 unspecified atom stereocenters. The van der Waals surface area contributed by atoms with Gasteiger partial charge in [0.1, 0.15) is 0 Å². The van der Waals surface area contributed by atoms with Gasteiger partial charge in [0.15, 0.2) is 11.6 Å². The molecule has 4 rings (SSSR count). The number of carbonyl (C=O) groups is 1. The SMILES string of the molecule is Cc1cc(C)c(C=C2C(=O)N(Cc3ccc(F)c(F)c3)c3ccc(N)cc32)[nH]1. The lowest BCUT2D eigenvalue weighted by Gasteiger charge is -2.17. The highest BCUT2D eigenvalue weighted by molar-refractivity contribution is 6.35. The molecule has 0 saturated carbocycles. The average Bonchev–Trinajstić information content (AvgIpc) is 3.09. The summed E-state index contributed by atoms with van der Waals surface area (Å²) in [5.74, 6) is -2.06. The molecule has 3 aromatic rings. The number of anilines is 2. The van der Waals surface area contributed by atoms with Crippen LogP contribution < -0.4 is 10.6 Å². The van der Waals surface area contributed by atoms with Crippen molar-refractivity contribution in [3.63, 3.8) is 0 Å². The van der Waals surface area contributed by atoms with Crippen molar-refractivity contribution >= 4 is 28.9 Å². The highest BCUT2D eigenvalue weighted by Crippen LogP contribution is 2.40. The summed E-state index contributed by atoms with van der Waals surface area (Å²) in [5.41, 5.74) is 11.8. The number of halogens is 2. The van der Waals surface area contributed by atoms with Crippen LogP contribution >= 0.6 is 0 Å². The number of carbonyl (C=O) groups excluding carboxylic acids is 1. The van der Waals surface area contributed by atoms with Gasteiger partial charge in [-0.15, -0.1) is 0 Å². The first kappa shape index (κ1) is 18.0. The Bertz CT molecular complexity index is 1130. The molecule has 0 aliphatic carbocycles. The molecule has 6 heteroatoms. The molecule has 3 N–H and O–H groups in total. The summed E-state index contributed by atoms with van der Waals surface area (Å²) in [4.78, 5) is 18.0. The number of fused-ring (bicyclic) bond motifs is 1. The summed E-state index contributed by atoms with van der Waals surface area (Å²) in [6.45, 7) is 4.05. The van der Waals surface area contributed by atoms with Crippen molar-refractivity contribution in [3.05, 3.63) is 82.2 Å². The van der Waals surface area contributed by atoms with Gasteiger partial charge in [0, 0.05) is 22.6 Å². The maximum atomic E-state index is 13.6. The predicted octanol–water partition coefficient (Wildman–Crippen LogP) is 4.58. The zero-order chi connectivity index (χ0) is 20.0. The van der Waals surface area contributed by atoms with Crippen LogP contribution in [0.5, 0.6) is 0 Å². The van der Waals surface area contributed by atoms with Crippen LogP contribution in [0.15, 0.2) is 42.5 Å². The van der Waals surface area contributed by atoms with Crippen molar-refractivity contribution in [2.24, 2.45) is 0 Å². The van der Waals surface area contributed by atoms with Gasteiger partial charge in [-0.1, -0.05) is 6.07 Å². The topological polar surface area (TPSA) is 62.1 Å². The molecule has 0 radical (unpaired) electrons. The number of amides is 1. The molecule has 2 heterocycles. The molecule has 2 aromatic carbocycles. The van der Waals surface area contributed by atoms with E-state index in [4.69, 9.17) is 5.73 Å². The van der Waals surface area contributed by atoms with Gasteiger partial charge >= 0.3 is 0 Å². The number of hydrogen-bond donors (Lipinski definition) is 2. The van der Waals surface area contributed by atoms with Crippen molar-refractivity contribution in [1.82, 2.24) is 4.98 Å². The van der Waals surface area contributed by atoms with Gasteiger partial charge in [0.05, 0.1) is 17.8 Å². The Kier molecular flexibility index (Phi) is 4.26. The third-order valence-electron chi connectivity index (χ3n) is 4.88. The van der Waals surface area contributed by atoms with E-state index in [9.17, 15) is 13.6 Å². The van der Waals surface area contributed by atoms with Gasteiger partial charge in [0.25, 0.3) is 5.91 Å². The van der Waals surface area contributed by atoms with Crippen LogP contribution in [-0.2, 0) is 11.3 Å². The molecule has 0 saturated heterocycles. The summed E-state index contributed by atoms with van der Waals surface area (Å²) < 4.78 is 26.8. The number of aromatic amines is 1. The molecule has 28 heavy (non-hydrogen) atoms. The summed E-state index contributed by atoms with van der Waals surface area (Å²) in [7, 11) is 0. The molecule has 1 aromatic heterocycles. The highest BCUT2D eigenvalue weighted by atomic mass is 19.2. The second-order valence-corrected chi connectivity index (χ2v) is 7.02. The molecule has 1 amide bonds. The molecule has 0 spiro atoms. The molecule has 4 nitrogen and oxygen atoms in total. The maximum absolute atomic E-state index is 13.6. The standard InChI is InChI=1S/C22H19F2N3O/c1-12-7-13(2)26-20(12)10-17-16-9-15(25)4-6-21(16)27(22(17)28)11-14-3-5-18(23)19(24)8-14/h3-10,26H,11,25H2,1-2H3. The third kappa shape index (κ3) is 3.07. The third-order valence-corrected chi connectivity index (χ3v) is 4.88. The van der Waals surface area contributed by atoms with Crippen LogP contribution in [0.25, 0.3) is 11.6 Å². The molecule has 0 fully saturated rings. The zero-order valence-electron chi connectivity index (χ0n) is 15.5. The largest absolute Gasteiger partial charge is 0.399 e. The first-order chi connectivity index (χ1) is 13.3. The molecular formula is C22H19F2N3O. The van der Waals surface area contributed by atoms with Crippen LogP contribution in [0, 0.1) is 25.5 Å². The monoisotopic (exact) mass is 379 g/mol. The fourth-order valence-corrected chi connectivity index (χ4v) is 3.54. The van der Waals surface area contributed by atoms with E-state index in [1.165, 1.54) is 6.07 Å².